The van der Waals surface area contributed by atoms with Gasteiger partial charge in [0.15, 0.2) is 23.1 Å². The summed E-state index contributed by atoms with van der Waals surface area (Å²) in [4.78, 5) is 20.0. The van der Waals surface area contributed by atoms with Gasteiger partial charge < -0.3 is 8.83 Å². The lowest BCUT2D eigenvalue weighted by Crippen LogP contribution is -2.00. The second-order valence-corrected chi connectivity index (χ2v) is 11.8. The summed E-state index contributed by atoms with van der Waals surface area (Å²) in [7, 11) is 0. The first-order valence-corrected chi connectivity index (χ1v) is 15.8. The number of hydrogen-bond acceptors (Lipinski definition) is 6. The highest BCUT2D eigenvalue weighted by Crippen LogP contribution is 2.41. The average Bonchev–Trinajstić information content (AvgIpc) is 3.77. The summed E-state index contributed by atoms with van der Waals surface area (Å²) in [6, 6.07) is 48.9. The van der Waals surface area contributed by atoms with Crippen LogP contribution in [0, 0.1) is 0 Å². The Morgan fingerprint density at radius 1 is 0.396 bits per heavy atom. The largest absolute Gasteiger partial charge is 0.455 e. The quantitative estimate of drug-likeness (QED) is 0.196. The van der Waals surface area contributed by atoms with Gasteiger partial charge in [0, 0.05) is 33.0 Å². The minimum absolute atomic E-state index is 0.585. The van der Waals surface area contributed by atoms with Crippen LogP contribution in [-0.4, -0.2) is 19.9 Å². The van der Waals surface area contributed by atoms with Crippen molar-refractivity contribution in [2.75, 3.05) is 0 Å². The van der Waals surface area contributed by atoms with Gasteiger partial charge in [0.2, 0.25) is 5.89 Å². The number of nitrogens with zero attached hydrogens (tertiary/aromatic N) is 4. The third-order valence-electron chi connectivity index (χ3n) is 8.95. The number of fused-ring (bicyclic) bond motifs is 8. The monoisotopic (exact) mass is 616 g/mol. The van der Waals surface area contributed by atoms with Crippen molar-refractivity contribution in [2.24, 2.45) is 0 Å². The van der Waals surface area contributed by atoms with E-state index >= 15 is 0 Å². The predicted octanol–water partition coefficient (Wildman–Crippen LogP) is 10.9. The molecule has 0 fully saturated rings. The fourth-order valence-corrected chi connectivity index (χ4v) is 6.64. The number of hydrogen-bond donors (Lipinski definition) is 0. The van der Waals surface area contributed by atoms with Crippen molar-refractivity contribution in [2.45, 2.75) is 0 Å². The van der Waals surface area contributed by atoms with E-state index in [0.717, 1.165) is 71.5 Å². The molecule has 3 heterocycles. The van der Waals surface area contributed by atoms with Crippen molar-refractivity contribution in [3.63, 3.8) is 0 Å². The van der Waals surface area contributed by atoms with Gasteiger partial charge in [-0.1, -0.05) is 109 Å². The summed E-state index contributed by atoms with van der Waals surface area (Å²) in [5.41, 5.74) is 6.73. The van der Waals surface area contributed by atoms with E-state index in [1.165, 1.54) is 5.39 Å². The fraction of sp³-hybridized carbons (Fsp3) is 0. The van der Waals surface area contributed by atoms with Crippen molar-refractivity contribution in [3.8, 4) is 45.6 Å². The molecule has 0 saturated heterocycles. The highest BCUT2D eigenvalue weighted by molar-refractivity contribution is 6.22. The number of furan rings is 1. The molecule has 48 heavy (non-hydrogen) atoms. The van der Waals surface area contributed by atoms with Gasteiger partial charge in [-0.05, 0) is 52.6 Å². The summed E-state index contributed by atoms with van der Waals surface area (Å²) >= 11 is 0. The van der Waals surface area contributed by atoms with Crippen molar-refractivity contribution in [1.29, 1.82) is 0 Å². The van der Waals surface area contributed by atoms with E-state index in [0.29, 0.717) is 23.4 Å². The molecule has 0 unspecified atom stereocenters. The molecule has 0 atom stereocenters. The van der Waals surface area contributed by atoms with Crippen LogP contribution in [0.2, 0.25) is 0 Å². The normalized spacial score (nSPS) is 11.8. The van der Waals surface area contributed by atoms with Gasteiger partial charge in [0.05, 0.1) is 5.39 Å². The molecular weight excluding hydrogens is 592 g/mol. The fourth-order valence-electron chi connectivity index (χ4n) is 6.64. The number of rotatable bonds is 4. The Kier molecular flexibility index (Phi) is 5.77. The maximum atomic E-state index is 6.57. The van der Waals surface area contributed by atoms with Gasteiger partial charge in [0.1, 0.15) is 16.7 Å². The van der Waals surface area contributed by atoms with E-state index < -0.39 is 0 Å². The van der Waals surface area contributed by atoms with Gasteiger partial charge in [-0.25, -0.2) is 19.9 Å². The van der Waals surface area contributed by atoms with E-state index in [4.69, 9.17) is 28.8 Å². The Hall–Kier alpha value is -6.66. The van der Waals surface area contributed by atoms with Crippen LogP contribution >= 0.6 is 0 Å². The van der Waals surface area contributed by atoms with E-state index in [-0.39, 0.29) is 0 Å². The van der Waals surface area contributed by atoms with Gasteiger partial charge in [0.25, 0.3) is 0 Å². The van der Waals surface area contributed by atoms with Gasteiger partial charge in [-0.2, -0.15) is 0 Å². The summed E-state index contributed by atoms with van der Waals surface area (Å²) in [5.74, 6) is 2.42. The Labute approximate surface area is 274 Å². The topological polar surface area (TPSA) is 77.8 Å². The second kappa shape index (κ2) is 10.4. The molecule has 0 aliphatic rings. The molecule has 0 spiro atoms. The Bertz CT molecular complexity index is 2840. The molecule has 6 heteroatoms. The molecule has 0 bridgehead atoms. The SMILES string of the molecule is c1ccc(-c2nc(-c3ccc4ccccc4c3)nc(-c3cccc4c3ccc3c4oc4ccc5oc(-c6ccccc6)nc5c43)n2)cc1. The molecule has 0 amide bonds. The number of oxazole rings is 1. The van der Waals surface area contributed by atoms with E-state index in [9.17, 15) is 0 Å². The summed E-state index contributed by atoms with van der Waals surface area (Å²) in [5, 5.41) is 6.17. The zero-order chi connectivity index (χ0) is 31.6. The molecule has 10 rings (SSSR count). The highest BCUT2D eigenvalue weighted by Gasteiger charge is 2.20. The third-order valence-corrected chi connectivity index (χ3v) is 8.95. The zero-order valence-corrected chi connectivity index (χ0v) is 25.5. The van der Waals surface area contributed by atoms with Crippen LogP contribution in [0.25, 0.3) is 100 Å². The van der Waals surface area contributed by atoms with Gasteiger partial charge in [-0.3, -0.25) is 0 Å². The first kappa shape index (κ1) is 26.5. The summed E-state index contributed by atoms with van der Waals surface area (Å²) in [6.07, 6.45) is 0. The van der Waals surface area contributed by atoms with Crippen molar-refractivity contribution in [1.82, 2.24) is 19.9 Å². The molecule has 224 valence electrons. The lowest BCUT2D eigenvalue weighted by atomic mass is 10.0. The summed E-state index contributed by atoms with van der Waals surface area (Å²) < 4.78 is 12.8. The molecule has 7 aromatic carbocycles. The van der Waals surface area contributed by atoms with Crippen molar-refractivity contribution < 1.29 is 8.83 Å². The molecular formula is C42H24N4O2. The van der Waals surface area contributed by atoms with Crippen LogP contribution in [0.4, 0.5) is 0 Å². The maximum absolute atomic E-state index is 6.57. The molecule has 0 aliphatic heterocycles. The second-order valence-electron chi connectivity index (χ2n) is 11.8. The molecule has 0 saturated carbocycles. The molecule has 6 nitrogen and oxygen atoms in total. The van der Waals surface area contributed by atoms with Crippen molar-refractivity contribution in [3.05, 3.63) is 146 Å². The first-order chi connectivity index (χ1) is 23.8. The molecule has 0 N–H and O–H groups in total. The number of benzene rings is 7. The van der Waals surface area contributed by atoms with Gasteiger partial charge in [-0.15, -0.1) is 0 Å². The molecule has 0 aliphatic carbocycles. The zero-order valence-electron chi connectivity index (χ0n) is 25.5. The Morgan fingerprint density at radius 2 is 1.08 bits per heavy atom. The smallest absolute Gasteiger partial charge is 0.227 e. The van der Waals surface area contributed by atoms with E-state index in [2.05, 4.69) is 54.6 Å². The summed E-state index contributed by atoms with van der Waals surface area (Å²) in [6.45, 7) is 0. The minimum atomic E-state index is 0.585. The van der Waals surface area contributed by atoms with Gasteiger partial charge >= 0.3 is 0 Å². The van der Waals surface area contributed by atoms with Crippen LogP contribution in [0.1, 0.15) is 0 Å². The van der Waals surface area contributed by atoms with Crippen molar-refractivity contribution >= 4 is 54.6 Å². The van der Waals surface area contributed by atoms with Crippen LogP contribution in [0.3, 0.4) is 0 Å². The lowest BCUT2D eigenvalue weighted by molar-refractivity contribution is 0.619. The molecule has 3 aromatic heterocycles. The predicted molar refractivity (Wildman–Crippen MR) is 191 cm³/mol. The molecule has 0 radical (unpaired) electrons. The van der Waals surface area contributed by atoms with E-state index in [1.54, 1.807) is 0 Å². The van der Waals surface area contributed by atoms with Crippen LogP contribution < -0.4 is 0 Å². The highest BCUT2D eigenvalue weighted by atomic mass is 16.4. The lowest BCUT2D eigenvalue weighted by Gasteiger charge is -2.11. The average molecular weight is 617 g/mol. The van der Waals surface area contributed by atoms with Crippen LogP contribution in [0.15, 0.2) is 154 Å². The number of aromatic nitrogens is 4. The Balaban J connectivity index is 1.18. The standard InChI is InChI=1S/C42H24N4O2/c1-3-11-26(12-4-1)39-44-40(29-19-18-25-10-7-8-15-28(25)24-29)46-41(45-39)32-17-9-16-31-30(32)20-21-33-36-34(47-38(31)33)22-23-35-37(36)43-42(48-35)27-13-5-2-6-14-27/h1-24H. The minimum Gasteiger partial charge on any atom is -0.455 e. The molecule has 10 aromatic rings. The Morgan fingerprint density at radius 3 is 1.92 bits per heavy atom. The van der Waals surface area contributed by atoms with Crippen LogP contribution in [-0.2, 0) is 0 Å². The third kappa shape index (κ3) is 4.20. The van der Waals surface area contributed by atoms with E-state index in [1.807, 2.05) is 91.0 Å². The maximum Gasteiger partial charge on any atom is 0.227 e. The first-order valence-electron chi connectivity index (χ1n) is 15.8. The van der Waals surface area contributed by atoms with Crippen LogP contribution in [0.5, 0.6) is 0 Å².